The summed E-state index contributed by atoms with van der Waals surface area (Å²) < 4.78 is 11.5. The van der Waals surface area contributed by atoms with Crippen LogP contribution in [0.2, 0.25) is 0 Å². The summed E-state index contributed by atoms with van der Waals surface area (Å²) in [5.41, 5.74) is 9.51. The third-order valence-electron chi connectivity index (χ3n) is 5.88. The van der Waals surface area contributed by atoms with E-state index in [9.17, 15) is 4.79 Å². The lowest BCUT2D eigenvalue weighted by atomic mass is 10.2. The summed E-state index contributed by atoms with van der Waals surface area (Å²) in [6, 6.07) is 27.7. The van der Waals surface area contributed by atoms with E-state index in [4.69, 9.17) is 10.5 Å². The van der Waals surface area contributed by atoms with Gasteiger partial charge in [-0.15, -0.1) is 0 Å². The predicted octanol–water partition coefficient (Wildman–Crippen LogP) is 7.69. The van der Waals surface area contributed by atoms with E-state index >= 15 is 0 Å². The van der Waals surface area contributed by atoms with Crippen LogP contribution in [-0.4, -0.2) is 24.0 Å². The van der Waals surface area contributed by atoms with E-state index in [-0.39, 0.29) is 18.9 Å². The molecule has 1 aromatic heterocycles. The number of hydrogen-bond acceptors (Lipinski definition) is 5. The Labute approximate surface area is 230 Å². The highest BCUT2D eigenvalue weighted by Gasteiger charge is 2.18. The summed E-state index contributed by atoms with van der Waals surface area (Å²) in [4.78, 5) is 14.6. The van der Waals surface area contributed by atoms with Gasteiger partial charge in [-0.25, -0.2) is 0 Å². The van der Waals surface area contributed by atoms with E-state index < -0.39 is 0 Å². The van der Waals surface area contributed by atoms with Crippen molar-refractivity contribution in [3.63, 3.8) is 0 Å². The largest absolute Gasteiger partial charge is 0.497 e. The SMILES string of the molecule is COc1cccc(N(CC(=O)Cn2c3ccc(Br)cc3c3cc(Br)ccc32)Sc2ccc(N)cc2)c1. The van der Waals surface area contributed by atoms with Gasteiger partial charge in [0.25, 0.3) is 0 Å². The van der Waals surface area contributed by atoms with Gasteiger partial charge in [-0.1, -0.05) is 37.9 Å². The minimum atomic E-state index is 0.0883. The van der Waals surface area contributed by atoms with Gasteiger partial charge < -0.3 is 19.3 Å². The molecular formula is C28H23Br2N3O2S. The van der Waals surface area contributed by atoms with Crippen molar-refractivity contribution in [1.29, 1.82) is 0 Å². The highest BCUT2D eigenvalue weighted by molar-refractivity contribution is 9.10. The van der Waals surface area contributed by atoms with Gasteiger partial charge in [-0.2, -0.15) is 0 Å². The Balaban J connectivity index is 1.48. The number of nitrogens with zero attached hydrogens (tertiary/aromatic N) is 2. The van der Waals surface area contributed by atoms with Crippen LogP contribution in [0.5, 0.6) is 5.75 Å². The monoisotopic (exact) mass is 623 g/mol. The van der Waals surface area contributed by atoms with Gasteiger partial charge in [0, 0.05) is 47.4 Å². The normalized spacial score (nSPS) is 11.2. The number of aromatic nitrogens is 1. The lowest BCUT2D eigenvalue weighted by Gasteiger charge is -2.23. The molecule has 36 heavy (non-hydrogen) atoms. The maximum atomic E-state index is 13.6. The van der Waals surface area contributed by atoms with E-state index in [1.807, 2.05) is 65.0 Å². The Morgan fingerprint density at radius 3 is 2.17 bits per heavy atom. The fraction of sp³-hybridized carbons (Fsp3) is 0.107. The summed E-state index contributed by atoms with van der Waals surface area (Å²) in [7, 11) is 1.64. The molecule has 0 bridgehead atoms. The second kappa shape index (κ2) is 10.6. The van der Waals surface area contributed by atoms with Crippen molar-refractivity contribution in [3.8, 4) is 5.75 Å². The Morgan fingerprint density at radius 1 is 0.917 bits per heavy atom. The van der Waals surface area contributed by atoms with E-state index in [0.29, 0.717) is 5.69 Å². The van der Waals surface area contributed by atoms with Crippen LogP contribution in [0.15, 0.2) is 98.8 Å². The molecule has 1 heterocycles. The van der Waals surface area contributed by atoms with Crippen molar-refractivity contribution in [1.82, 2.24) is 4.57 Å². The number of carbonyl (C=O) groups is 1. The zero-order chi connectivity index (χ0) is 25.2. The molecule has 0 atom stereocenters. The van der Waals surface area contributed by atoms with Crippen LogP contribution >= 0.6 is 43.8 Å². The molecule has 0 aliphatic heterocycles. The number of carbonyl (C=O) groups excluding carboxylic acids is 1. The van der Waals surface area contributed by atoms with Gasteiger partial charge in [0.2, 0.25) is 0 Å². The molecule has 0 spiro atoms. The first kappa shape index (κ1) is 24.7. The number of methoxy groups -OCH3 is 1. The minimum Gasteiger partial charge on any atom is -0.497 e. The van der Waals surface area contributed by atoms with Gasteiger partial charge in [0.15, 0.2) is 5.78 Å². The van der Waals surface area contributed by atoms with Crippen molar-refractivity contribution in [3.05, 3.63) is 93.9 Å². The summed E-state index contributed by atoms with van der Waals surface area (Å²) >= 11 is 8.68. The number of rotatable bonds is 8. The molecule has 5 nitrogen and oxygen atoms in total. The summed E-state index contributed by atoms with van der Waals surface area (Å²) in [6.45, 7) is 0.475. The van der Waals surface area contributed by atoms with Gasteiger partial charge in [-0.3, -0.25) is 4.79 Å². The Bertz CT molecular complexity index is 1510. The lowest BCUT2D eigenvalue weighted by molar-refractivity contribution is -0.118. The quantitative estimate of drug-likeness (QED) is 0.142. The second-order valence-electron chi connectivity index (χ2n) is 8.35. The molecule has 0 saturated carbocycles. The standard InChI is InChI=1S/C28H23Br2N3O2S/c1-35-23-4-2-3-21(15-23)33(36-24-9-7-20(31)8-10-24)17-22(34)16-32-27-11-5-18(29)13-25(27)26-14-19(30)6-12-28(26)32/h2-15H,16-17,31H2,1H3. The fourth-order valence-corrected chi connectivity index (χ4v) is 5.87. The molecular weight excluding hydrogens is 602 g/mol. The van der Waals surface area contributed by atoms with E-state index in [0.717, 1.165) is 47.1 Å². The predicted molar refractivity (Wildman–Crippen MR) is 157 cm³/mol. The third-order valence-corrected chi connectivity index (χ3v) is 7.91. The summed E-state index contributed by atoms with van der Waals surface area (Å²) in [5.74, 6) is 0.826. The molecule has 5 rings (SSSR count). The van der Waals surface area contributed by atoms with Crippen LogP contribution in [-0.2, 0) is 11.3 Å². The molecule has 0 aliphatic carbocycles. The van der Waals surface area contributed by atoms with Crippen molar-refractivity contribution in [2.45, 2.75) is 11.4 Å². The Kier molecular flexibility index (Phi) is 7.27. The van der Waals surface area contributed by atoms with Crippen molar-refractivity contribution >= 4 is 82.8 Å². The molecule has 0 amide bonds. The van der Waals surface area contributed by atoms with Crippen LogP contribution in [0.4, 0.5) is 11.4 Å². The molecule has 0 radical (unpaired) electrons. The minimum absolute atomic E-state index is 0.0883. The van der Waals surface area contributed by atoms with E-state index in [1.165, 1.54) is 11.9 Å². The molecule has 5 aromatic rings. The smallest absolute Gasteiger partial charge is 0.172 e. The number of halogens is 2. The molecule has 0 fully saturated rings. The number of ketones is 1. The Hall–Kier alpha value is -2.94. The second-order valence-corrected chi connectivity index (χ2v) is 11.3. The van der Waals surface area contributed by atoms with Crippen LogP contribution in [0, 0.1) is 0 Å². The molecule has 8 heteroatoms. The summed E-state index contributed by atoms with van der Waals surface area (Å²) in [5, 5.41) is 2.21. The van der Waals surface area contributed by atoms with Gasteiger partial charge in [-0.05, 0) is 84.7 Å². The van der Waals surface area contributed by atoms with Gasteiger partial charge >= 0.3 is 0 Å². The zero-order valence-corrected chi connectivity index (χ0v) is 23.4. The number of hydrogen-bond donors (Lipinski definition) is 1. The Morgan fingerprint density at radius 2 is 1.56 bits per heavy atom. The van der Waals surface area contributed by atoms with Gasteiger partial charge in [0.05, 0.1) is 25.9 Å². The molecule has 2 N–H and O–H groups in total. The number of Topliss-reactive ketones (excluding diaryl/α,β-unsaturated/α-hetero) is 1. The number of fused-ring (bicyclic) bond motifs is 3. The van der Waals surface area contributed by atoms with E-state index in [2.05, 4.69) is 60.7 Å². The van der Waals surface area contributed by atoms with Crippen LogP contribution < -0.4 is 14.8 Å². The third kappa shape index (κ3) is 5.26. The first-order valence-electron chi connectivity index (χ1n) is 11.2. The molecule has 0 saturated heterocycles. The molecule has 182 valence electrons. The van der Waals surface area contributed by atoms with Crippen molar-refractivity contribution < 1.29 is 9.53 Å². The maximum absolute atomic E-state index is 13.6. The first-order valence-corrected chi connectivity index (χ1v) is 13.6. The number of anilines is 2. The van der Waals surface area contributed by atoms with Crippen molar-refractivity contribution in [2.24, 2.45) is 0 Å². The average Bonchev–Trinajstić information content (AvgIpc) is 3.16. The van der Waals surface area contributed by atoms with E-state index in [1.54, 1.807) is 7.11 Å². The highest BCUT2D eigenvalue weighted by Crippen LogP contribution is 2.34. The first-order chi connectivity index (χ1) is 17.4. The topological polar surface area (TPSA) is 60.5 Å². The molecule has 0 unspecified atom stereocenters. The zero-order valence-electron chi connectivity index (χ0n) is 19.4. The number of ether oxygens (including phenoxy) is 1. The molecule has 4 aromatic carbocycles. The average molecular weight is 625 g/mol. The molecule has 0 aliphatic rings. The van der Waals surface area contributed by atoms with Gasteiger partial charge in [0.1, 0.15) is 5.75 Å². The van der Waals surface area contributed by atoms with Crippen LogP contribution in [0.3, 0.4) is 0 Å². The maximum Gasteiger partial charge on any atom is 0.172 e. The van der Waals surface area contributed by atoms with Crippen LogP contribution in [0.25, 0.3) is 21.8 Å². The lowest BCUT2D eigenvalue weighted by Crippen LogP contribution is -2.26. The number of nitrogen functional groups attached to an aromatic ring is 1. The number of benzene rings is 4. The summed E-state index contributed by atoms with van der Waals surface area (Å²) in [6.07, 6.45) is 0. The van der Waals surface area contributed by atoms with Crippen molar-refractivity contribution in [2.75, 3.05) is 23.7 Å². The number of nitrogens with two attached hydrogens (primary N) is 1. The fourth-order valence-electron chi connectivity index (χ4n) is 4.20. The highest BCUT2D eigenvalue weighted by atomic mass is 79.9. The van der Waals surface area contributed by atoms with Crippen LogP contribution in [0.1, 0.15) is 0 Å².